The summed E-state index contributed by atoms with van der Waals surface area (Å²) in [7, 11) is -7.45. The van der Waals surface area contributed by atoms with E-state index in [1.807, 2.05) is 6.92 Å². The van der Waals surface area contributed by atoms with Crippen molar-refractivity contribution in [3.63, 3.8) is 0 Å². The quantitative estimate of drug-likeness (QED) is 0.364. The van der Waals surface area contributed by atoms with Crippen molar-refractivity contribution >= 4 is 17.6 Å². The number of rotatable bonds is 12. The van der Waals surface area contributed by atoms with Crippen LogP contribution in [0.4, 0.5) is 0 Å². The summed E-state index contributed by atoms with van der Waals surface area (Å²) in [5, 5.41) is 0.109. The predicted molar refractivity (Wildman–Crippen MR) is 109 cm³/mol. The molecule has 0 spiro atoms. The normalized spacial score (nSPS) is 13.5. The first-order valence-corrected chi connectivity index (χ1v) is 11.9. The standard InChI is InChI=1S/C19H30NO5PS/c1-7-10-17(5)20(15-18(6)26(21,24-8-2)25-9-3)27(22,23)19-13-11-16(4)12-14-19/h7,11-14,17H,1,6,8-10,15H2,2-5H3/t17-/m0/s1. The van der Waals surface area contributed by atoms with Gasteiger partial charge in [-0.2, -0.15) is 4.31 Å². The molecule has 0 aliphatic carbocycles. The molecule has 0 heterocycles. The third-order valence-corrected chi connectivity index (χ3v) is 8.04. The minimum atomic E-state index is -3.83. The molecule has 6 nitrogen and oxygen atoms in total. The maximum Gasteiger partial charge on any atom is 0.358 e. The van der Waals surface area contributed by atoms with Crippen molar-refractivity contribution in [3.8, 4) is 0 Å². The smallest absolute Gasteiger partial charge is 0.306 e. The number of hydrogen-bond donors (Lipinski definition) is 0. The molecule has 0 aliphatic heterocycles. The number of aryl methyl sites for hydroxylation is 1. The molecule has 1 aromatic rings. The van der Waals surface area contributed by atoms with Crippen molar-refractivity contribution in [3.05, 3.63) is 54.4 Å². The monoisotopic (exact) mass is 415 g/mol. The van der Waals surface area contributed by atoms with Crippen LogP contribution in [0.3, 0.4) is 0 Å². The average molecular weight is 415 g/mol. The third kappa shape index (κ3) is 6.13. The van der Waals surface area contributed by atoms with Gasteiger partial charge < -0.3 is 9.05 Å². The first-order chi connectivity index (χ1) is 12.6. The number of hydrogen-bond acceptors (Lipinski definition) is 5. The average Bonchev–Trinajstić information content (AvgIpc) is 2.60. The summed E-state index contributed by atoms with van der Waals surface area (Å²) in [4.78, 5) is 0.166. The van der Waals surface area contributed by atoms with E-state index in [9.17, 15) is 13.0 Å². The Kier molecular flexibility index (Phi) is 9.12. The number of nitrogens with zero attached hydrogens (tertiary/aromatic N) is 1. The Morgan fingerprint density at radius 1 is 1.22 bits per heavy atom. The fourth-order valence-electron chi connectivity index (χ4n) is 2.51. The molecule has 0 bridgehead atoms. The Hall–Kier alpha value is -1.24. The highest BCUT2D eigenvalue weighted by atomic mass is 32.2. The van der Waals surface area contributed by atoms with Gasteiger partial charge in [-0.15, -0.1) is 6.58 Å². The summed E-state index contributed by atoms with van der Waals surface area (Å²) in [6.07, 6.45) is 2.09. The molecule has 0 fully saturated rings. The number of sulfonamides is 1. The summed E-state index contributed by atoms with van der Waals surface area (Å²) < 4.78 is 51.3. The zero-order chi connectivity index (χ0) is 20.7. The van der Waals surface area contributed by atoms with E-state index in [4.69, 9.17) is 9.05 Å². The second-order valence-corrected chi connectivity index (χ2v) is 10.2. The van der Waals surface area contributed by atoms with E-state index < -0.39 is 23.7 Å². The van der Waals surface area contributed by atoms with Gasteiger partial charge in [0.25, 0.3) is 0 Å². The fourth-order valence-corrected chi connectivity index (χ4v) is 5.69. The summed E-state index contributed by atoms with van der Waals surface area (Å²) in [6, 6.07) is 6.20. The van der Waals surface area contributed by atoms with Gasteiger partial charge in [0.15, 0.2) is 0 Å². The molecular formula is C19H30NO5PS. The van der Waals surface area contributed by atoms with Crippen molar-refractivity contribution in [2.75, 3.05) is 19.8 Å². The highest BCUT2D eigenvalue weighted by Crippen LogP contribution is 2.55. The molecule has 0 aromatic heterocycles. The van der Waals surface area contributed by atoms with Crippen LogP contribution in [0.2, 0.25) is 0 Å². The largest absolute Gasteiger partial charge is 0.358 e. The second kappa shape index (κ2) is 10.3. The lowest BCUT2D eigenvalue weighted by Gasteiger charge is -2.30. The molecule has 0 N–H and O–H groups in total. The van der Waals surface area contributed by atoms with Crippen LogP contribution >= 0.6 is 7.60 Å². The Morgan fingerprint density at radius 2 is 1.74 bits per heavy atom. The molecular weight excluding hydrogens is 385 g/mol. The highest BCUT2D eigenvalue weighted by molar-refractivity contribution is 7.89. The van der Waals surface area contributed by atoms with Crippen LogP contribution in [0.15, 0.2) is 53.7 Å². The molecule has 0 saturated heterocycles. The highest BCUT2D eigenvalue weighted by Gasteiger charge is 2.35. The maximum atomic E-state index is 13.2. The topological polar surface area (TPSA) is 72.9 Å². The van der Waals surface area contributed by atoms with Crippen LogP contribution < -0.4 is 0 Å². The van der Waals surface area contributed by atoms with Crippen molar-refractivity contribution in [1.82, 2.24) is 4.31 Å². The predicted octanol–water partition coefficient (Wildman–Crippen LogP) is 4.73. The SMILES string of the molecule is C=CC[C@H](C)N(CC(=C)P(=O)(OCC)OCC)S(=O)(=O)c1ccc(C)cc1. The van der Waals surface area contributed by atoms with Crippen molar-refractivity contribution in [2.24, 2.45) is 0 Å². The molecule has 0 saturated carbocycles. The van der Waals surface area contributed by atoms with Gasteiger partial charge >= 0.3 is 7.60 Å². The van der Waals surface area contributed by atoms with Crippen molar-refractivity contribution in [1.29, 1.82) is 0 Å². The molecule has 27 heavy (non-hydrogen) atoms. The van der Waals surface area contributed by atoms with E-state index in [2.05, 4.69) is 13.2 Å². The molecule has 0 aliphatic rings. The van der Waals surface area contributed by atoms with E-state index in [-0.39, 0.29) is 30.0 Å². The summed E-state index contributed by atoms with van der Waals surface area (Å²) in [5.74, 6) is 0. The zero-order valence-corrected chi connectivity index (χ0v) is 18.3. The minimum Gasteiger partial charge on any atom is -0.306 e. The van der Waals surface area contributed by atoms with Crippen molar-refractivity contribution < 1.29 is 22.0 Å². The summed E-state index contributed by atoms with van der Waals surface area (Å²) >= 11 is 0. The Balaban J connectivity index is 3.28. The van der Waals surface area contributed by atoms with Crippen molar-refractivity contribution in [2.45, 2.75) is 45.1 Å². The van der Waals surface area contributed by atoms with Gasteiger partial charge in [-0.3, -0.25) is 4.57 Å². The lowest BCUT2D eigenvalue weighted by molar-refractivity contribution is 0.224. The van der Waals surface area contributed by atoms with Crippen LogP contribution in [-0.4, -0.2) is 38.5 Å². The summed E-state index contributed by atoms with van der Waals surface area (Å²) in [5.41, 5.74) is 0.959. The second-order valence-electron chi connectivity index (χ2n) is 6.14. The van der Waals surface area contributed by atoms with E-state index in [1.54, 1.807) is 51.1 Å². The molecule has 0 unspecified atom stereocenters. The summed E-state index contributed by atoms with van der Waals surface area (Å²) in [6.45, 7) is 14.7. The van der Waals surface area contributed by atoms with Gasteiger partial charge in [-0.25, -0.2) is 8.42 Å². The lowest BCUT2D eigenvalue weighted by atomic mass is 10.2. The number of benzene rings is 1. The zero-order valence-electron chi connectivity index (χ0n) is 16.6. The van der Waals surface area contributed by atoms with Crippen LogP contribution in [0, 0.1) is 6.92 Å². The van der Waals surface area contributed by atoms with Gasteiger partial charge in [0.2, 0.25) is 10.0 Å². The van der Waals surface area contributed by atoms with E-state index in [0.717, 1.165) is 5.56 Å². The van der Waals surface area contributed by atoms with Crippen LogP contribution in [0.25, 0.3) is 0 Å². The third-order valence-electron chi connectivity index (χ3n) is 3.95. The lowest BCUT2D eigenvalue weighted by Crippen LogP contribution is -2.39. The van der Waals surface area contributed by atoms with Gasteiger partial charge in [0, 0.05) is 17.9 Å². The van der Waals surface area contributed by atoms with E-state index in [0.29, 0.717) is 6.42 Å². The van der Waals surface area contributed by atoms with Crippen LogP contribution in [0.5, 0.6) is 0 Å². The molecule has 0 radical (unpaired) electrons. The van der Waals surface area contributed by atoms with E-state index >= 15 is 0 Å². The van der Waals surface area contributed by atoms with Gasteiger partial charge in [-0.1, -0.05) is 30.4 Å². The first kappa shape index (κ1) is 23.8. The first-order valence-electron chi connectivity index (χ1n) is 8.89. The van der Waals surface area contributed by atoms with Gasteiger partial charge in [0.05, 0.1) is 18.1 Å². The molecule has 1 atom stereocenters. The van der Waals surface area contributed by atoms with Gasteiger partial charge in [-0.05, 0) is 46.2 Å². The molecule has 152 valence electrons. The maximum absolute atomic E-state index is 13.2. The molecule has 0 amide bonds. The van der Waals surface area contributed by atoms with Gasteiger partial charge in [0.1, 0.15) is 0 Å². The van der Waals surface area contributed by atoms with E-state index in [1.165, 1.54) is 4.31 Å². The Morgan fingerprint density at radius 3 is 2.19 bits per heavy atom. The Labute approximate surface area is 163 Å². The Bertz CT molecular complexity index is 779. The van der Waals surface area contributed by atoms with Crippen LogP contribution in [-0.2, 0) is 23.6 Å². The molecule has 1 aromatic carbocycles. The molecule has 1 rings (SSSR count). The fraction of sp³-hybridized carbons (Fsp3) is 0.474. The van der Waals surface area contributed by atoms with Crippen LogP contribution in [0.1, 0.15) is 32.8 Å². The molecule has 8 heteroatoms. The minimum absolute atomic E-state index is 0.109.